The molecule has 1 fully saturated rings. The van der Waals surface area contributed by atoms with Gasteiger partial charge in [0, 0.05) is 32.4 Å². The average molecular weight is 347 g/mol. The van der Waals surface area contributed by atoms with Crippen LogP contribution in [-0.2, 0) is 19.4 Å². The fourth-order valence-electron chi connectivity index (χ4n) is 2.45. The summed E-state index contributed by atoms with van der Waals surface area (Å²) in [6.07, 6.45) is 4.74. The molecule has 8 heteroatoms. The molecule has 0 aliphatic carbocycles. The third-order valence-corrected chi connectivity index (χ3v) is 4.80. The first-order chi connectivity index (χ1) is 10.9. The molecular weight excluding hydrogens is 318 g/mol. The third kappa shape index (κ3) is 7.67. The van der Waals surface area contributed by atoms with Crippen molar-refractivity contribution in [3.8, 4) is 0 Å². The van der Waals surface area contributed by atoms with Crippen LogP contribution in [0.15, 0.2) is 4.99 Å². The molecule has 134 valence electrons. The molecule has 0 aromatic rings. The number of hydrogen-bond donors (Lipinski definition) is 1. The summed E-state index contributed by atoms with van der Waals surface area (Å²) in [5.41, 5.74) is 0. The number of methoxy groups -OCH3 is 1. The number of guanidine groups is 1. The van der Waals surface area contributed by atoms with Gasteiger partial charge in [-0.05, 0) is 19.3 Å². The number of nitrogens with one attached hydrogen (secondary N) is 1. The molecule has 1 N–H and O–H groups in total. The van der Waals surface area contributed by atoms with Crippen molar-refractivity contribution in [2.24, 2.45) is 10.9 Å². The highest BCUT2D eigenvalue weighted by Gasteiger charge is 2.27. The predicted molar refractivity (Wildman–Crippen MR) is 91.2 cm³/mol. The van der Waals surface area contributed by atoms with Crippen LogP contribution in [-0.4, -0.2) is 70.5 Å². The predicted octanol–water partition coefficient (Wildman–Crippen LogP) is 0.662. The van der Waals surface area contributed by atoms with Gasteiger partial charge in [0.25, 0.3) is 0 Å². The number of rotatable bonds is 7. The van der Waals surface area contributed by atoms with Gasteiger partial charge in [-0.2, -0.15) is 0 Å². The van der Waals surface area contributed by atoms with E-state index in [9.17, 15) is 13.2 Å². The van der Waals surface area contributed by atoms with E-state index in [1.54, 1.807) is 0 Å². The van der Waals surface area contributed by atoms with E-state index in [2.05, 4.69) is 22.1 Å². The van der Waals surface area contributed by atoms with Crippen LogP contribution < -0.4 is 5.32 Å². The Balaban J connectivity index is 2.58. The summed E-state index contributed by atoms with van der Waals surface area (Å²) in [4.78, 5) is 18.2. The van der Waals surface area contributed by atoms with Crippen LogP contribution in [0, 0.1) is 5.92 Å². The first kappa shape index (κ1) is 19.7. The molecule has 0 amide bonds. The molecule has 0 atom stereocenters. The highest BCUT2D eigenvalue weighted by Crippen LogP contribution is 2.18. The van der Waals surface area contributed by atoms with E-state index in [0.29, 0.717) is 13.1 Å². The maximum absolute atomic E-state index is 11.6. The maximum Gasteiger partial charge on any atom is 0.308 e. The zero-order valence-corrected chi connectivity index (χ0v) is 15.2. The number of piperidine rings is 1. The van der Waals surface area contributed by atoms with Gasteiger partial charge in [0.15, 0.2) is 5.96 Å². The van der Waals surface area contributed by atoms with Gasteiger partial charge in [-0.15, -0.1) is 0 Å². The number of esters is 1. The summed E-state index contributed by atoms with van der Waals surface area (Å²) in [6.45, 7) is 4.61. The van der Waals surface area contributed by atoms with Crippen LogP contribution in [0.5, 0.6) is 0 Å². The molecule has 0 aromatic carbocycles. The molecule has 0 unspecified atom stereocenters. The first-order valence-electron chi connectivity index (χ1n) is 8.16. The van der Waals surface area contributed by atoms with Gasteiger partial charge < -0.3 is 15.0 Å². The number of unbranched alkanes of at least 4 members (excludes halogenated alkanes) is 1. The summed E-state index contributed by atoms with van der Waals surface area (Å²) >= 11 is 0. The highest BCUT2D eigenvalue weighted by molar-refractivity contribution is 7.90. The van der Waals surface area contributed by atoms with Crippen molar-refractivity contribution in [2.45, 2.75) is 32.6 Å². The summed E-state index contributed by atoms with van der Waals surface area (Å²) < 4.78 is 27.3. The first-order valence-corrected chi connectivity index (χ1v) is 10.2. The topological polar surface area (TPSA) is 88.1 Å². The van der Waals surface area contributed by atoms with Crippen molar-refractivity contribution >= 4 is 21.8 Å². The number of hydrogen-bond acceptors (Lipinski definition) is 5. The van der Waals surface area contributed by atoms with Crippen molar-refractivity contribution in [2.75, 3.05) is 45.3 Å². The lowest BCUT2D eigenvalue weighted by atomic mass is 9.97. The lowest BCUT2D eigenvalue weighted by molar-refractivity contribution is -0.146. The molecule has 0 bridgehead atoms. The van der Waals surface area contributed by atoms with E-state index in [1.165, 1.54) is 13.4 Å². The quantitative estimate of drug-likeness (QED) is 0.315. The Morgan fingerprint density at radius 3 is 2.52 bits per heavy atom. The van der Waals surface area contributed by atoms with Crippen LogP contribution in [0.2, 0.25) is 0 Å². The van der Waals surface area contributed by atoms with Crippen LogP contribution in [0.1, 0.15) is 32.6 Å². The van der Waals surface area contributed by atoms with Crippen molar-refractivity contribution in [1.29, 1.82) is 0 Å². The van der Waals surface area contributed by atoms with Gasteiger partial charge in [-0.1, -0.05) is 13.3 Å². The second-order valence-corrected chi connectivity index (χ2v) is 8.16. The van der Waals surface area contributed by atoms with Gasteiger partial charge in [0.1, 0.15) is 9.84 Å². The molecule has 0 radical (unpaired) electrons. The average Bonchev–Trinajstić information content (AvgIpc) is 2.52. The molecule has 23 heavy (non-hydrogen) atoms. The van der Waals surface area contributed by atoms with E-state index in [0.717, 1.165) is 44.7 Å². The minimum absolute atomic E-state index is 0.0517. The van der Waals surface area contributed by atoms with Gasteiger partial charge in [-0.25, -0.2) is 8.42 Å². The van der Waals surface area contributed by atoms with E-state index >= 15 is 0 Å². The SMILES string of the molecule is CCCCN=C(NCCS(C)(=O)=O)N1CCC(C(=O)OC)CC1. The number of aliphatic imine (C=N–C) groups is 1. The zero-order chi connectivity index (χ0) is 17.3. The van der Waals surface area contributed by atoms with E-state index in [4.69, 9.17) is 4.74 Å². The smallest absolute Gasteiger partial charge is 0.308 e. The highest BCUT2D eigenvalue weighted by atomic mass is 32.2. The summed E-state index contributed by atoms with van der Waals surface area (Å²) in [6, 6.07) is 0. The molecule has 1 heterocycles. The minimum atomic E-state index is -3.00. The van der Waals surface area contributed by atoms with Gasteiger partial charge in [0.05, 0.1) is 18.8 Å². The maximum atomic E-state index is 11.6. The number of carbonyl (C=O) groups excluding carboxylic acids is 1. The standard InChI is InChI=1S/C15H29N3O4S/c1-4-5-8-16-15(17-9-12-23(3,20)21)18-10-6-13(7-11-18)14(19)22-2/h13H,4-12H2,1-3H3,(H,16,17). The normalized spacial score (nSPS) is 17.2. The summed E-state index contributed by atoms with van der Waals surface area (Å²) in [5, 5.41) is 3.14. The number of nitrogens with zero attached hydrogens (tertiary/aromatic N) is 2. The van der Waals surface area contributed by atoms with Crippen LogP contribution >= 0.6 is 0 Å². The van der Waals surface area contributed by atoms with Crippen molar-refractivity contribution < 1.29 is 17.9 Å². The van der Waals surface area contributed by atoms with E-state index < -0.39 is 9.84 Å². The lowest BCUT2D eigenvalue weighted by Gasteiger charge is -2.33. The van der Waals surface area contributed by atoms with E-state index in [-0.39, 0.29) is 17.6 Å². The Bertz CT molecular complexity index is 497. The Morgan fingerprint density at radius 1 is 1.35 bits per heavy atom. The van der Waals surface area contributed by atoms with Gasteiger partial charge >= 0.3 is 5.97 Å². The summed E-state index contributed by atoms with van der Waals surface area (Å²) in [5.74, 6) is 0.618. The zero-order valence-electron chi connectivity index (χ0n) is 14.4. The monoisotopic (exact) mass is 347 g/mol. The lowest BCUT2D eigenvalue weighted by Crippen LogP contribution is -2.47. The Kier molecular flexibility index (Phi) is 8.36. The third-order valence-electron chi connectivity index (χ3n) is 3.86. The van der Waals surface area contributed by atoms with Crippen LogP contribution in [0.4, 0.5) is 0 Å². The molecule has 1 aliphatic heterocycles. The number of sulfone groups is 1. The number of carbonyl (C=O) groups is 1. The van der Waals surface area contributed by atoms with Crippen LogP contribution in [0.25, 0.3) is 0 Å². The fraction of sp³-hybridized carbons (Fsp3) is 0.867. The Labute approximate surface area is 139 Å². The molecule has 1 rings (SSSR count). The largest absolute Gasteiger partial charge is 0.469 e. The minimum Gasteiger partial charge on any atom is -0.469 e. The Morgan fingerprint density at radius 2 is 2.00 bits per heavy atom. The van der Waals surface area contributed by atoms with Crippen LogP contribution in [0.3, 0.4) is 0 Å². The van der Waals surface area contributed by atoms with Crippen molar-refractivity contribution in [3.63, 3.8) is 0 Å². The van der Waals surface area contributed by atoms with Crippen molar-refractivity contribution in [1.82, 2.24) is 10.2 Å². The van der Waals surface area contributed by atoms with Gasteiger partial charge in [0.2, 0.25) is 0 Å². The molecule has 0 spiro atoms. The molecular formula is C15H29N3O4S. The second-order valence-electron chi connectivity index (χ2n) is 5.90. The number of ether oxygens (including phenoxy) is 1. The molecule has 1 saturated heterocycles. The Hall–Kier alpha value is -1.31. The molecule has 7 nitrogen and oxygen atoms in total. The fourth-order valence-corrected chi connectivity index (χ4v) is 2.93. The molecule has 0 saturated carbocycles. The molecule has 1 aliphatic rings. The number of likely N-dealkylation sites (tertiary alicyclic amines) is 1. The van der Waals surface area contributed by atoms with E-state index in [1.807, 2.05) is 0 Å². The molecule has 0 aromatic heterocycles. The van der Waals surface area contributed by atoms with Crippen molar-refractivity contribution in [3.05, 3.63) is 0 Å². The second kappa shape index (κ2) is 9.75. The van der Waals surface area contributed by atoms with Gasteiger partial charge in [-0.3, -0.25) is 9.79 Å². The summed E-state index contributed by atoms with van der Waals surface area (Å²) in [7, 11) is -1.58.